The maximum Gasteiger partial charge on any atom is 0.251 e. The summed E-state index contributed by atoms with van der Waals surface area (Å²) in [4.78, 5) is 16.3. The molecule has 0 radical (unpaired) electrons. The summed E-state index contributed by atoms with van der Waals surface area (Å²) in [5, 5.41) is 3.52. The van der Waals surface area contributed by atoms with Gasteiger partial charge in [0.1, 0.15) is 10.3 Å². The highest BCUT2D eigenvalue weighted by atomic mass is 35.5. The van der Waals surface area contributed by atoms with Crippen LogP contribution in [-0.2, 0) is 0 Å². The minimum absolute atomic E-state index is 0.0319. The number of carbonyl (C=O) groups excluding carboxylic acids is 1. The zero-order chi connectivity index (χ0) is 14.8. The van der Waals surface area contributed by atoms with Gasteiger partial charge in [0.15, 0.2) is 0 Å². The van der Waals surface area contributed by atoms with E-state index in [1.54, 1.807) is 0 Å². The van der Waals surface area contributed by atoms with Gasteiger partial charge in [0, 0.05) is 5.56 Å². The Balaban J connectivity index is 1.81. The van der Waals surface area contributed by atoms with Gasteiger partial charge in [0.05, 0.1) is 6.04 Å². The monoisotopic (exact) mass is 320 g/mol. The van der Waals surface area contributed by atoms with E-state index < -0.39 is 0 Å². The normalized spacial score (nSPS) is 15.5. The SMILES string of the molecule is O=C(N[C@@H](c1ccccc1)C1CC1)c1cc(Cl)nc(Cl)c1. The molecule has 2 aromatic rings. The summed E-state index contributed by atoms with van der Waals surface area (Å²) in [6.07, 6.45) is 2.27. The molecule has 21 heavy (non-hydrogen) atoms. The highest BCUT2D eigenvalue weighted by Crippen LogP contribution is 2.41. The molecule has 108 valence electrons. The summed E-state index contributed by atoms with van der Waals surface area (Å²) in [6, 6.07) is 13.1. The third kappa shape index (κ3) is 3.55. The van der Waals surface area contributed by atoms with Crippen LogP contribution in [0.1, 0.15) is 34.8 Å². The molecule has 0 aliphatic heterocycles. The molecule has 3 nitrogen and oxygen atoms in total. The van der Waals surface area contributed by atoms with Crippen molar-refractivity contribution in [3.63, 3.8) is 0 Å². The molecular weight excluding hydrogens is 307 g/mol. The van der Waals surface area contributed by atoms with E-state index >= 15 is 0 Å². The van der Waals surface area contributed by atoms with Crippen molar-refractivity contribution in [3.8, 4) is 0 Å². The number of benzene rings is 1. The molecule has 1 aromatic carbocycles. The molecule has 1 amide bonds. The van der Waals surface area contributed by atoms with E-state index in [2.05, 4.69) is 10.3 Å². The van der Waals surface area contributed by atoms with Crippen LogP contribution in [0.15, 0.2) is 42.5 Å². The van der Waals surface area contributed by atoms with Gasteiger partial charge in [0.25, 0.3) is 5.91 Å². The summed E-state index contributed by atoms with van der Waals surface area (Å²) >= 11 is 11.7. The second-order valence-electron chi connectivity index (χ2n) is 5.20. The fraction of sp³-hybridized carbons (Fsp3) is 0.250. The van der Waals surface area contributed by atoms with Gasteiger partial charge < -0.3 is 5.32 Å². The third-order valence-corrected chi connectivity index (χ3v) is 3.95. The fourth-order valence-electron chi connectivity index (χ4n) is 2.38. The molecule has 1 N–H and O–H groups in total. The highest BCUT2D eigenvalue weighted by Gasteiger charge is 2.33. The predicted octanol–water partition coefficient (Wildman–Crippen LogP) is 4.27. The molecule has 1 fully saturated rings. The van der Waals surface area contributed by atoms with Gasteiger partial charge in [-0.2, -0.15) is 0 Å². The van der Waals surface area contributed by atoms with Crippen LogP contribution in [0.4, 0.5) is 0 Å². The third-order valence-electron chi connectivity index (χ3n) is 3.56. The lowest BCUT2D eigenvalue weighted by molar-refractivity contribution is 0.0931. The van der Waals surface area contributed by atoms with Crippen LogP contribution in [-0.4, -0.2) is 10.9 Å². The topological polar surface area (TPSA) is 42.0 Å². The second-order valence-corrected chi connectivity index (χ2v) is 5.98. The number of amides is 1. The molecule has 0 saturated heterocycles. The molecule has 1 saturated carbocycles. The lowest BCUT2D eigenvalue weighted by Gasteiger charge is -2.19. The van der Waals surface area contributed by atoms with Gasteiger partial charge in [-0.15, -0.1) is 0 Å². The zero-order valence-electron chi connectivity index (χ0n) is 11.2. The minimum atomic E-state index is -0.179. The van der Waals surface area contributed by atoms with Crippen LogP contribution < -0.4 is 5.32 Å². The minimum Gasteiger partial charge on any atom is -0.345 e. The maximum atomic E-state index is 12.4. The predicted molar refractivity (Wildman–Crippen MR) is 83.6 cm³/mol. The van der Waals surface area contributed by atoms with Crippen LogP contribution >= 0.6 is 23.2 Å². The Morgan fingerprint density at radius 2 is 1.76 bits per heavy atom. The summed E-state index contributed by atoms with van der Waals surface area (Å²) in [5.74, 6) is 0.325. The van der Waals surface area contributed by atoms with Crippen LogP contribution in [0.5, 0.6) is 0 Å². The molecule has 1 aromatic heterocycles. The standard InChI is InChI=1S/C16H14Cl2N2O/c17-13-8-12(9-14(18)19-13)16(21)20-15(11-6-7-11)10-4-2-1-3-5-10/h1-5,8-9,11,15H,6-7H2,(H,20,21)/t15-/m0/s1. The number of hydrogen-bond donors (Lipinski definition) is 1. The summed E-state index contributed by atoms with van der Waals surface area (Å²) in [7, 11) is 0. The number of nitrogens with zero attached hydrogens (tertiary/aromatic N) is 1. The van der Waals surface area contributed by atoms with Gasteiger partial charge in [-0.25, -0.2) is 4.98 Å². The van der Waals surface area contributed by atoms with Crippen LogP contribution in [0.3, 0.4) is 0 Å². The van der Waals surface area contributed by atoms with Gasteiger partial charge in [0.2, 0.25) is 0 Å². The van der Waals surface area contributed by atoms with Crippen molar-refractivity contribution in [2.45, 2.75) is 18.9 Å². The Hall–Kier alpha value is -1.58. The largest absolute Gasteiger partial charge is 0.345 e. The first-order valence-electron chi connectivity index (χ1n) is 6.82. The lowest BCUT2D eigenvalue weighted by atomic mass is 10.0. The van der Waals surface area contributed by atoms with Crippen molar-refractivity contribution in [2.24, 2.45) is 5.92 Å². The first kappa shape index (κ1) is 14.4. The number of hydrogen-bond acceptors (Lipinski definition) is 2. The molecule has 1 heterocycles. The Bertz CT molecular complexity index is 636. The van der Waals surface area contributed by atoms with Crippen LogP contribution in [0, 0.1) is 5.92 Å². The number of carbonyl (C=O) groups is 1. The Morgan fingerprint density at radius 3 is 2.33 bits per heavy atom. The molecule has 1 atom stereocenters. The van der Waals surface area contributed by atoms with Gasteiger partial charge in [-0.1, -0.05) is 53.5 Å². The van der Waals surface area contributed by atoms with Crippen LogP contribution in [0.2, 0.25) is 10.3 Å². The molecule has 5 heteroatoms. The summed E-state index contributed by atoms with van der Waals surface area (Å²) < 4.78 is 0. The first-order valence-corrected chi connectivity index (χ1v) is 7.58. The molecule has 0 bridgehead atoms. The second kappa shape index (κ2) is 6.04. The number of nitrogens with one attached hydrogen (secondary N) is 1. The fourth-order valence-corrected chi connectivity index (χ4v) is 2.84. The Kier molecular flexibility index (Phi) is 4.13. The maximum absolute atomic E-state index is 12.4. The first-order chi connectivity index (χ1) is 10.1. The van der Waals surface area contributed by atoms with Gasteiger partial charge >= 0.3 is 0 Å². The number of halogens is 2. The number of rotatable bonds is 4. The van der Waals surface area contributed by atoms with E-state index in [0.29, 0.717) is 11.5 Å². The summed E-state index contributed by atoms with van der Waals surface area (Å²) in [5.41, 5.74) is 1.56. The molecular formula is C16H14Cl2N2O. The Labute approximate surface area is 133 Å². The van der Waals surface area contributed by atoms with Gasteiger partial charge in [-0.05, 0) is 36.5 Å². The molecule has 1 aliphatic rings. The molecule has 0 unspecified atom stereocenters. The van der Waals surface area contributed by atoms with Crippen molar-refractivity contribution >= 4 is 29.1 Å². The van der Waals surface area contributed by atoms with E-state index in [-0.39, 0.29) is 22.3 Å². The average molecular weight is 321 g/mol. The lowest BCUT2D eigenvalue weighted by Crippen LogP contribution is -2.29. The number of pyridine rings is 1. The van der Waals surface area contributed by atoms with E-state index in [9.17, 15) is 4.79 Å². The molecule has 1 aliphatic carbocycles. The van der Waals surface area contributed by atoms with Crippen molar-refractivity contribution in [1.29, 1.82) is 0 Å². The summed E-state index contributed by atoms with van der Waals surface area (Å²) in [6.45, 7) is 0. The van der Waals surface area contributed by atoms with Crippen molar-refractivity contribution in [3.05, 3.63) is 63.9 Å². The van der Waals surface area contributed by atoms with Crippen molar-refractivity contribution in [2.75, 3.05) is 0 Å². The van der Waals surface area contributed by atoms with E-state index in [1.165, 1.54) is 12.1 Å². The van der Waals surface area contributed by atoms with Crippen molar-refractivity contribution in [1.82, 2.24) is 10.3 Å². The van der Waals surface area contributed by atoms with Crippen LogP contribution in [0.25, 0.3) is 0 Å². The quantitative estimate of drug-likeness (QED) is 0.855. The van der Waals surface area contributed by atoms with E-state index in [1.807, 2.05) is 30.3 Å². The van der Waals surface area contributed by atoms with E-state index in [0.717, 1.165) is 18.4 Å². The smallest absolute Gasteiger partial charge is 0.251 e. The molecule has 3 rings (SSSR count). The molecule has 0 spiro atoms. The average Bonchev–Trinajstić information content (AvgIpc) is 3.29. The number of aromatic nitrogens is 1. The highest BCUT2D eigenvalue weighted by molar-refractivity contribution is 6.33. The Morgan fingerprint density at radius 1 is 1.14 bits per heavy atom. The van der Waals surface area contributed by atoms with E-state index in [4.69, 9.17) is 23.2 Å². The van der Waals surface area contributed by atoms with Crippen molar-refractivity contribution < 1.29 is 4.79 Å². The van der Waals surface area contributed by atoms with Gasteiger partial charge in [-0.3, -0.25) is 4.79 Å². The zero-order valence-corrected chi connectivity index (χ0v) is 12.7.